The number of fused-ring (bicyclic) bond motifs is 2. The molecular weight excluding hydrogens is 494 g/mol. The number of amides is 1. The Labute approximate surface area is 218 Å². The van der Waals surface area contributed by atoms with Crippen molar-refractivity contribution in [1.29, 1.82) is 0 Å². The smallest absolute Gasteiger partial charge is 0.238 e. The van der Waals surface area contributed by atoms with Gasteiger partial charge >= 0.3 is 0 Å². The molecule has 0 saturated heterocycles. The summed E-state index contributed by atoms with van der Waals surface area (Å²) in [5.74, 6) is -2.99. The maximum Gasteiger partial charge on any atom is 0.238 e. The number of carbonyl (C=O) groups excluding carboxylic acids is 2. The highest BCUT2D eigenvalue weighted by atomic mass is 19.1. The zero-order chi connectivity index (χ0) is 27.2. The summed E-state index contributed by atoms with van der Waals surface area (Å²) in [5, 5.41) is 9.69. The largest absolute Gasteiger partial charge is 0.493 e. The van der Waals surface area contributed by atoms with E-state index in [0.717, 1.165) is 22.1 Å². The van der Waals surface area contributed by atoms with Crippen LogP contribution in [0.1, 0.15) is 35.1 Å². The Morgan fingerprint density at radius 3 is 2.39 bits per heavy atom. The molecule has 2 aliphatic rings. The zero-order valence-corrected chi connectivity index (χ0v) is 21.0. The summed E-state index contributed by atoms with van der Waals surface area (Å²) in [6, 6.07) is 8.28. The van der Waals surface area contributed by atoms with Crippen LogP contribution in [0.4, 0.5) is 14.5 Å². The molecule has 1 amide bonds. The molecule has 9 heteroatoms. The fraction of sp³-hybridized carbons (Fsp3) is 0.276. The molecular formula is C29H26F2N2O5. The van der Waals surface area contributed by atoms with Gasteiger partial charge in [0.25, 0.3) is 0 Å². The van der Waals surface area contributed by atoms with Crippen LogP contribution in [0.25, 0.3) is 11.3 Å². The third-order valence-corrected chi connectivity index (χ3v) is 7.32. The molecule has 5 rings (SSSR count). The van der Waals surface area contributed by atoms with Gasteiger partial charge in [-0.2, -0.15) is 0 Å². The molecule has 1 spiro atoms. The number of anilines is 1. The van der Waals surface area contributed by atoms with Crippen molar-refractivity contribution in [3.8, 4) is 22.8 Å². The number of ether oxygens (including phenoxy) is 2. The van der Waals surface area contributed by atoms with Crippen LogP contribution in [-0.4, -0.2) is 36.0 Å². The molecule has 0 radical (unpaired) electrons. The van der Waals surface area contributed by atoms with Gasteiger partial charge in [0.2, 0.25) is 5.91 Å². The molecule has 3 aromatic rings. The van der Waals surface area contributed by atoms with E-state index in [9.17, 15) is 14.7 Å². The molecule has 1 aliphatic heterocycles. The number of aromatic nitrogens is 1. The molecule has 0 bridgehead atoms. The van der Waals surface area contributed by atoms with Gasteiger partial charge in [-0.05, 0) is 53.3 Å². The van der Waals surface area contributed by atoms with Crippen LogP contribution in [-0.2, 0) is 34.6 Å². The van der Waals surface area contributed by atoms with Gasteiger partial charge in [-0.15, -0.1) is 0 Å². The number of nitrogens with zero attached hydrogens (tertiary/aromatic N) is 2. The minimum Gasteiger partial charge on any atom is -0.493 e. The summed E-state index contributed by atoms with van der Waals surface area (Å²) in [4.78, 5) is 31.4. The molecule has 196 valence electrons. The Kier molecular flexibility index (Phi) is 6.48. The minimum atomic E-state index is -0.978. The van der Waals surface area contributed by atoms with Crippen molar-refractivity contribution in [2.24, 2.45) is 0 Å². The number of allylic oxidation sites excluding steroid dienone is 1. The van der Waals surface area contributed by atoms with Crippen molar-refractivity contribution in [3.63, 3.8) is 0 Å². The number of hydrogen-bond acceptors (Lipinski definition) is 6. The Hall–Kier alpha value is -4.11. The lowest BCUT2D eigenvalue weighted by molar-refractivity contribution is -0.121. The Bertz CT molecular complexity index is 1450. The maximum atomic E-state index is 15.3. The number of benzene rings is 2. The van der Waals surface area contributed by atoms with Gasteiger partial charge in [0.15, 0.2) is 28.9 Å². The van der Waals surface area contributed by atoms with E-state index < -0.39 is 28.6 Å². The van der Waals surface area contributed by atoms with Crippen LogP contribution >= 0.6 is 0 Å². The predicted molar refractivity (Wildman–Crippen MR) is 136 cm³/mol. The number of aliphatic hydroxyl groups excluding tert-OH is 1. The van der Waals surface area contributed by atoms with Crippen LogP contribution < -0.4 is 14.4 Å². The molecule has 1 saturated carbocycles. The van der Waals surface area contributed by atoms with E-state index in [1.807, 2.05) is 6.07 Å². The van der Waals surface area contributed by atoms with E-state index in [1.165, 1.54) is 20.3 Å². The second kappa shape index (κ2) is 9.64. The van der Waals surface area contributed by atoms with Crippen molar-refractivity contribution >= 4 is 17.4 Å². The van der Waals surface area contributed by atoms with Crippen molar-refractivity contribution in [2.75, 3.05) is 19.1 Å². The van der Waals surface area contributed by atoms with Gasteiger partial charge in [-0.3, -0.25) is 14.6 Å². The van der Waals surface area contributed by atoms with E-state index in [2.05, 4.69) is 11.6 Å². The van der Waals surface area contributed by atoms with Gasteiger partial charge in [0, 0.05) is 24.2 Å². The third-order valence-electron chi connectivity index (χ3n) is 7.32. The topological polar surface area (TPSA) is 89.0 Å². The lowest BCUT2D eigenvalue weighted by Crippen LogP contribution is -2.45. The van der Waals surface area contributed by atoms with Crippen LogP contribution in [0, 0.1) is 11.6 Å². The minimum absolute atomic E-state index is 0.0735. The summed E-state index contributed by atoms with van der Waals surface area (Å²) >= 11 is 0. The van der Waals surface area contributed by atoms with Gasteiger partial charge in [-0.25, -0.2) is 8.78 Å². The second-order valence-corrected chi connectivity index (χ2v) is 9.45. The number of rotatable bonds is 8. The molecule has 2 aromatic carbocycles. The zero-order valence-electron chi connectivity index (χ0n) is 21.0. The van der Waals surface area contributed by atoms with E-state index >= 15 is 8.78 Å². The number of carbonyl (C=O) groups is 2. The second-order valence-electron chi connectivity index (χ2n) is 9.45. The highest BCUT2D eigenvalue weighted by molar-refractivity contribution is 6.05. The van der Waals surface area contributed by atoms with E-state index in [1.54, 1.807) is 24.4 Å². The number of methoxy groups -OCH3 is 2. The van der Waals surface area contributed by atoms with Crippen molar-refractivity contribution in [3.05, 3.63) is 83.1 Å². The number of halogens is 2. The Morgan fingerprint density at radius 1 is 1.13 bits per heavy atom. The highest BCUT2D eigenvalue weighted by Gasteiger charge is 2.57. The quantitative estimate of drug-likeness (QED) is 0.443. The first-order chi connectivity index (χ1) is 18.3. The van der Waals surface area contributed by atoms with Gasteiger partial charge in [0.05, 0.1) is 38.5 Å². The molecule has 1 fully saturated rings. The summed E-state index contributed by atoms with van der Waals surface area (Å²) in [7, 11) is 2.51. The third kappa shape index (κ3) is 4.03. The maximum absolute atomic E-state index is 15.3. The van der Waals surface area contributed by atoms with E-state index in [4.69, 9.17) is 9.47 Å². The highest BCUT2D eigenvalue weighted by Crippen LogP contribution is 2.55. The Balaban J connectivity index is 1.57. The first kappa shape index (κ1) is 25.5. The molecule has 2 heterocycles. The van der Waals surface area contributed by atoms with E-state index in [0.29, 0.717) is 35.2 Å². The van der Waals surface area contributed by atoms with Crippen molar-refractivity contribution < 1.29 is 33.0 Å². The lowest BCUT2D eigenvalue weighted by Gasteiger charge is -2.35. The molecule has 0 unspecified atom stereocenters. The van der Waals surface area contributed by atoms with Gasteiger partial charge < -0.3 is 19.5 Å². The molecule has 7 nitrogen and oxygen atoms in total. The summed E-state index contributed by atoms with van der Waals surface area (Å²) < 4.78 is 40.7. The number of pyridine rings is 1. The summed E-state index contributed by atoms with van der Waals surface area (Å²) in [5.41, 5.74) is 2.64. The molecule has 1 aliphatic carbocycles. The summed E-state index contributed by atoms with van der Waals surface area (Å²) in [6.45, 7) is 3.22. The van der Waals surface area contributed by atoms with Gasteiger partial charge in [-0.1, -0.05) is 18.7 Å². The SMILES string of the molecule is C=CC(=O)Cc1cc(-c2cc3c(cn2)CN(c2c(F)c(OC)cc(OC)c2F)C(=O)C32CC2)ccc1CO. The molecule has 1 N–H and O–H groups in total. The fourth-order valence-corrected chi connectivity index (χ4v) is 5.09. The first-order valence-electron chi connectivity index (χ1n) is 12.1. The standard InChI is InChI=1S/C29H26F2N2O5/c1-4-20(35)10-18-9-16(5-6-17(18)15-34)22-11-21-19(13-32-22)14-33(28(36)29(21)7-8-29)27-25(30)23(37-2)12-24(38-3)26(27)31/h4-6,9,11-13,34H,1,7-8,10,14-15H2,2-3H3. The van der Waals surface area contributed by atoms with Crippen molar-refractivity contribution in [1.82, 2.24) is 4.98 Å². The Morgan fingerprint density at radius 2 is 1.82 bits per heavy atom. The molecule has 38 heavy (non-hydrogen) atoms. The fourth-order valence-electron chi connectivity index (χ4n) is 5.09. The predicted octanol–water partition coefficient (Wildman–Crippen LogP) is 4.41. The van der Waals surface area contributed by atoms with Crippen LogP contribution in [0.3, 0.4) is 0 Å². The average molecular weight is 521 g/mol. The molecule has 0 atom stereocenters. The monoisotopic (exact) mass is 520 g/mol. The summed E-state index contributed by atoms with van der Waals surface area (Å²) in [6.07, 6.45) is 4.02. The average Bonchev–Trinajstić information content (AvgIpc) is 3.73. The van der Waals surface area contributed by atoms with Crippen LogP contribution in [0.15, 0.2) is 49.2 Å². The first-order valence-corrected chi connectivity index (χ1v) is 12.1. The number of ketones is 1. The van der Waals surface area contributed by atoms with Crippen molar-refractivity contribution in [2.45, 2.75) is 37.8 Å². The van der Waals surface area contributed by atoms with Crippen LogP contribution in [0.5, 0.6) is 11.5 Å². The van der Waals surface area contributed by atoms with Gasteiger partial charge in [0.1, 0.15) is 5.69 Å². The number of aliphatic hydroxyl groups is 1. The van der Waals surface area contributed by atoms with E-state index in [-0.39, 0.29) is 36.9 Å². The number of hydrogen-bond donors (Lipinski definition) is 1. The lowest BCUT2D eigenvalue weighted by atomic mass is 9.85. The van der Waals surface area contributed by atoms with Crippen LogP contribution in [0.2, 0.25) is 0 Å². The normalized spacial score (nSPS) is 15.3. The molecule has 1 aromatic heterocycles.